The Bertz CT molecular complexity index is 1070. The molecule has 0 unspecified atom stereocenters. The summed E-state index contributed by atoms with van der Waals surface area (Å²) in [5, 5.41) is 9.21. The van der Waals surface area contributed by atoms with E-state index in [2.05, 4.69) is 0 Å². The predicted octanol–water partition coefficient (Wildman–Crippen LogP) is 3.64. The Labute approximate surface area is 144 Å². The van der Waals surface area contributed by atoms with E-state index in [1.54, 1.807) is 0 Å². The highest BCUT2D eigenvalue weighted by atomic mass is 19.2. The molecular formula is C18H11F4NO3. The van der Waals surface area contributed by atoms with E-state index in [0.717, 1.165) is 22.8 Å². The molecule has 3 aromatic rings. The summed E-state index contributed by atoms with van der Waals surface area (Å²) in [5.41, 5.74) is -0.290. The molecule has 0 aliphatic heterocycles. The Morgan fingerprint density at radius 2 is 1.81 bits per heavy atom. The van der Waals surface area contributed by atoms with Crippen LogP contribution in [0.1, 0.15) is 21.6 Å². The van der Waals surface area contributed by atoms with Gasteiger partial charge in [0.25, 0.3) is 5.91 Å². The maximum Gasteiger partial charge on any atom is 0.262 e. The number of phenolic OH excluding ortho intramolecular Hbond substituents is 1. The van der Waals surface area contributed by atoms with Gasteiger partial charge in [-0.1, -0.05) is 0 Å². The lowest BCUT2D eigenvalue weighted by Gasteiger charge is -2.08. The Morgan fingerprint density at radius 1 is 1.12 bits per heavy atom. The molecule has 0 radical (unpaired) electrons. The minimum atomic E-state index is -1.31. The predicted molar refractivity (Wildman–Crippen MR) is 84.1 cm³/mol. The van der Waals surface area contributed by atoms with Crippen LogP contribution in [0.15, 0.2) is 24.3 Å². The van der Waals surface area contributed by atoms with Crippen LogP contribution in [0, 0.1) is 30.2 Å². The van der Waals surface area contributed by atoms with Crippen LogP contribution < -0.4 is 0 Å². The van der Waals surface area contributed by atoms with Crippen LogP contribution in [0.3, 0.4) is 0 Å². The van der Waals surface area contributed by atoms with Crippen molar-refractivity contribution in [3.8, 4) is 5.75 Å². The number of aromatic hydroxyl groups is 1. The maximum atomic E-state index is 14.4. The van der Waals surface area contributed by atoms with Crippen LogP contribution in [0.2, 0.25) is 0 Å². The zero-order valence-electron chi connectivity index (χ0n) is 13.3. The molecule has 8 heteroatoms. The van der Waals surface area contributed by atoms with Crippen molar-refractivity contribution in [2.45, 2.75) is 13.3 Å². The summed E-state index contributed by atoms with van der Waals surface area (Å²) in [7, 11) is 0. The zero-order chi connectivity index (χ0) is 19.2. The zero-order valence-corrected chi connectivity index (χ0v) is 13.3. The quantitative estimate of drug-likeness (QED) is 0.570. The summed E-state index contributed by atoms with van der Waals surface area (Å²) in [6.45, 7) is 1.39. The van der Waals surface area contributed by atoms with Crippen molar-refractivity contribution in [2.75, 3.05) is 0 Å². The van der Waals surface area contributed by atoms with Crippen molar-refractivity contribution in [3.63, 3.8) is 0 Å². The maximum absolute atomic E-state index is 14.4. The van der Waals surface area contributed by atoms with Crippen LogP contribution in [0.5, 0.6) is 5.75 Å². The average Bonchev–Trinajstić information content (AvgIpc) is 2.87. The average molecular weight is 365 g/mol. The number of halogens is 4. The summed E-state index contributed by atoms with van der Waals surface area (Å²) in [6, 6.07) is 3.18. The number of nitrogens with zero attached hydrogens (tertiary/aromatic N) is 1. The third-order valence-electron chi connectivity index (χ3n) is 4.15. The molecule has 0 spiro atoms. The highest BCUT2D eigenvalue weighted by molar-refractivity contribution is 6.04. The molecule has 0 amide bonds. The van der Waals surface area contributed by atoms with Gasteiger partial charge in [0.1, 0.15) is 6.29 Å². The molecule has 0 fully saturated rings. The summed E-state index contributed by atoms with van der Waals surface area (Å²) in [4.78, 5) is 23.7. The lowest BCUT2D eigenvalue weighted by Crippen LogP contribution is -2.14. The van der Waals surface area contributed by atoms with Crippen molar-refractivity contribution in [2.24, 2.45) is 0 Å². The molecule has 1 aromatic heterocycles. The Morgan fingerprint density at radius 3 is 2.42 bits per heavy atom. The third kappa shape index (κ3) is 2.54. The van der Waals surface area contributed by atoms with Gasteiger partial charge in [-0.05, 0) is 30.7 Å². The molecule has 134 valence electrons. The van der Waals surface area contributed by atoms with Gasteiger partial charge >= 0.3 is 0 Å². The fourth-order valence-electron chi connectivity index (χ4n) is 2.91. The van der Waals surface area contributed by atoms with Crippen molar-refractivity contribution in [3.05, 3.63) is 64.4 Å². The van der Waals surface area contributed by atoms with Crippen LogP contribution in [-0.2, 0) is 11.2 Å². The number of benzene rings is 2. The van der Waals surface area contributed by atoms with Crippen LogP contribution in [0.4, 0.5) is 17.6 Å². The molecule has 2 aromatic carbocycles. The normalized spacial score (nSPS) is 11.1. The second kappa shape index (κ2) is 6.29. The highest BCUT2D eigenvalue weighted by Gasteiger charge is 2.26. The van der Waals surface area contributed by atoms with E-state index in [1.165, 1.54) is 6.92 Å². The van der Waals surface area contributed by atoms with Crippen LogP contribution >= 0.6 is 0 Å². The lowest BCUT2D eigenvalue weighted by atomic mass is 10.1. The number of hydrogen-bond donors (Lipinski definition) is 1. The fraction of sp³-hybridized carbons (Fsp3) is 0.111. The highest BCUT2D eigenvalue weighted by Crippen LogP contribution is 2.35. The Kier molecular flexibility index (Phi) is 4.27. The molecule has 1 heterocycles. The van der Waals surface area contributed by atoms with E-state index < -0.39 is 34.9 Å². The fourth-order valence-corrected chi connectivity index (χ4v) is 2.91. The molecule has 4 nitrogen and oxygen atoms in total. The van der Waals surface area contributed by atoms with Crippen molar-refractivity contribution in [1.82, 2.24) is 4.57 Å². The first kappa shape index (κ1) is 17.7. The SMILES string of the molecule is Cc1c(CC=O)c2c(F)c(O)c(F)cc2n1C(=O)c1ccc(F)c(F)c1. The van der Waals surface area contributed by atoms with Gasteiger partial charge in [0.15, 0.2) is 29.0 Å². The molecule has 0 atom stereocenters. The van der Waals surface area contributed by atoms with Crippen LogP contribution in [-0.4, -0.2) is 21.9 Å². The van der Waals surface area contributed by atoms with Gasteiger partial charge in [-0.2, -0.15) is 0 Å². The van der Waals surface area contributed by atoms with Crippen molar-refractivity contribution >= 4 is 23.1 Å². The van der Waals surface area contributed by atoms with Crippen molar-refractivity contribution in [1.29, 1.82) is 0 Å². The lowest BCUT2D eigenvalue weighted by molar-refractivity contribution is -0.107. The molecule has 0 aliphatic carbocycles. The molecule has 0 aliphatic rings. The van der Waals surface area contributed by atoms with Gasteiger partial charge in [-0.3, -0.25) is 9.36 Å². The molecule has 0 bridgehead atoms. The molecule has 1 N–H and O–H groups in total. The first-order valence-corrected chi connectivity index (χ1v) is 7.42. The molecule has 0 saturated carbocycles. The van der Waals surface area contributed by atoms with E-state index in [9.17, 15) is 32.3 Å². The summed E-state index contributed by atoms with van der Waals surface area (Å²) >= 11 is 0. The number of carbonyl (C=O) groups excluding carboxylic acids is 2. The van der Waals surface area contributed by atoms with Gasteiger partial charge < -0.3 is 9.90 Å². The number of aldehydes is 1. The van der Waals surface area contributed by atoms with Crippen molar-refractivity contribution < 1.29 is 32.3 Å². The number of rotatable bonds is 3. The van der Waals surface area contributed by atoms with Gasteiger partial charge in [0.05, 0.1) is 5.52 Å². The monoisotopic (exact) mass is 365 g/mol. The summed E-state index contributed by atoms with van der Waals surface area (Å²) in [6.07, 6.45) is 0.177. The topological polar surface area (TPSA) is 59.3 Å². The molecular weight excluding hydrogens is 354 g/mol. The second-order valence-corrected chi connectivity index (χ2v) is 5.62. The van der Waals surface area contributed by atoms with Gasteiger partial charge in [0, 0.05) is 29.1 Å². The standard InChI is InChI=1S/C18H11F4NO3/c1-8-10(4-5-24)15-14(7-13(21)17(25)16(15)22)23(8)18(26)9-2-3-11(19)12(20)6-9/h2-3,5-7,25H,4H2,1H3. The molecule has 0 saturated heterocycles. The van der Waals surface area contributed by atoms with E-state index in [-0.39, 0.29) is 34.1 Å². The number of phenols is 1. The first-order valence-electron chi connectivity index (χ1n) is 7.42. The van der Waals surface area contributed by atoms with E-state index in [1.807, 2.05) is 0 Å². The van der Waals surface area contributed by atoms with E-state index in [0.29, 0.717) is 12.4 Å². The Hall–Kier alpha value is -3.16. The summed E-state index contributed by atoms with van der Waals surface area (Å²) in [5.74, 6) is -7.12. The van der Waals surface area contributed by atoms with Crippen LogP contribution in [0.25, 0.3) is 10.9 Å². The van der Waals surface area contributed by atoms with E-state index >= 15 is 0 Å². The number of carbonyl (C=O) groups is 2. The number of fused-ring (bicyclic) bond motifs is 1. The first-order chi connectivity index (χ1) is 12.3. The van der Waals surface area contributed by atoms with Gasteiger partial charge in [0.2, 0.25) is 0 Å². The second-order valence-electron chi connectivity index (χ2n) is 5.62. The molecule has 3 rings (SSSR count). The van der Waals surface area contributed by atoms with Gasteiger partial charge in [-0.15, -0.1) is 0 Å². The summed E-state index contributed by atoms with van der Waals surface area (Å²) < 4.78 is 55.6. The largest absolute Gasteiger partial charge is 0.503 e. The van der Waals surface area contributed by atoms with Gasteiger partial charge in [-0.25, -0.2) is 17.6 Å². The molecule has 26 heavy (non-hydrogen) atoms. The minimum absolute atomic E-state index is 0.0822. The number of aromatic nitrogens is 1. The Balaban J connectivity index is 2.35. The van der Waals surface area contributed by atoms with E-state index in [4.69, 9.17) is 0 Å². The third-order valence-corrected chi connectivity index (χ3v) is 4.15. The number of hydrogen-bond acceptors (Lipinski definition) is 3. The smallest absolute Gasteiger partial charge is 0.262 e. The minimum Gasteiger partial charge on any atom is -0.503 e.